The van der Waals surface area contributed by atoms with Gasteiger partial charge in [0.1, 0.15) is 11.0 Å². The summed E-state index contributed by atoms with van der Waals surface area (Å²) in [6.45, 7) is 2.46. The fourth-order valence-corrected chi connectivity index (χ4v) is 3.44. The van der Waals surface area contributed by atoms with Gasteiger partial charge >= 0.3 is 0 Å². The number of para-hydroxylation sites is 1. The highest BCUT2D eigenvalue weighted by atomic mass is 35.5. The smallest absolute Gasteiger partial charge is 0.262 e. The SMILES string of the molecule is CCn1c(=O)c2ccccc2n2c(COn3nnc4ccc(Cl)cc43)nnc12. The van der Waals surface area contributed by atoms with E-state index < -0.39 is 0 Å². The van der Waals surface area contributed by atoms with Crippen LogP contribution in [-0.4, -0.2) is 34.3 Å². The van der Waals surface area contributed by atoms with Crippen molar-refractivity contribution in [1.29, 1.82) is 0 Å². The van der Waals surface area contributed by atoms with Crippen molar-refractivity contribution in [2.75, 3.05) is 0 Å². The topological polar surface area (TPSA) is 92.1 Å². The molecular formula is C18H14ClN7O2. The Morgan fingerprint density at radius 1 is 1.07 bits per heavy atom. The first kappa shape index (κ1) is 16.7. The van der Waals surface area contributed by atoms with Gasteiger partial charge in [0, 0.05) is 11.6 Å². The molecule has 0 aliphatic carbocycles. The molecule has 28 heavy (non-hydrogen) atoms. The predicted octanol–water partition coefficient (Wildman–Crippen LogP) is 2.09. The van der Waals surface area contributed by atoms with E-state index in [9.17, 15) is 4.79 Å². The molecule has 0 spiro atoms. The van der Waals surface area contributed by atoms with Crippen molar-refractivity contribution in [2.45, 2.75) is 20.1 Å². The van der Waals surface area contributed by atoms with Crippen LogP contribution in [0, 0.1) is 0 Å². The zero-order chi connectivity index (χ0) is 19.3. The van der Waals surface area contributed by atoms with Gasteiger partial charge in [-0.1, -0.05) is 28.6 Å². The molecular weight excluding hydrogens is 382 g/mol. The van der Waals surface area contributed by atoms with Crippen LogP contribution in [0.5, 0.6) is 0 Å². The minimum atomic E-state index is -0.0950. The third kappa shape index (κ3) is 2.43. The van der Waals surface area contributed by atoms with E-state index in [1.54, 1.807) is 28.8 Å². The van der Waals surface area contributed by atoms with E-state index in [1.807, 2.05) is 29.5 Å². The molecule has 0 aliphatic heterocycles. The molecule has 5 aromatic rings. The van der Waals surface area contributed by atoms with Crippen LogP contribution in [0.3, 0.4) is 0 Å². The molecule has 0 radical (unpaired) electrons. The quantitative estimate of drug-likeness (QED) is 0.462. The summed E-state index contributed by atoms with van der Waals surface area (Å²) in [6.07, 6.45) is 0. The Bertz CT molecular complexity index is 1400. The van der Waals surface area contributed by atoms with Gasteiger partial charge < -0.3 is 4.84 Å². The van der Waals surface area contributed by atoms with Gasteiger partial charge in [-0.15, -0.1) is 15.3 Å². The maximum Gasteiger partial charge on any atom is 0.262 e. The van der Waals surface area contributed by atoms with E-state index in [-0.39, 0.29) is 12.2 Å². The zero-order valence-electron chi connectivity index (χ0n) is 14.8. The largest absolute Gasteiger partial charge is 0.387 e. The van der Waals surface area contributed by atoms with Gasteiger partial charge in [0.05, 0.1) is 10.9 Å². The molecule has 3 heterocycles. The lowest BCUT2D eigenvalue weighted by atomic mass is 10.2. The van der Waals surface area contributed by atoms with Crippen LogP contribution in [0.25, 0.3) is 27.7 Å². The molecule has 0 unspecified atom stereocenters. The fraction of sp³-hybridized carbons (Fsp3) is 0.167. The van der Waals surface area contributed by atoms with Crippen molar-refractivity contribution in [3.63, 3.8) is 0 Å². The molecule has 2 aromatic carbocycles. The molecule has 0 amide bonds. The Balaban J connectivity index is 1.62. The second-order valence-corrected chi connectivity index (χ2v) is 6.62. The van der Waals surface area contributed by atoms with Gasteiger partial charge in [0.15, 0.2) is 12.4 Å². The maximum atomic E-state index is 12.7. The number of nitrogens with zero attached hydrogens (tertiary/aromatic N) is 7. The molecule has 0 saturated carbocycles. The van der Waals surface area contributed by atoms with E-state index >= 15 is 0 Å². The number of halogens is 1. The summed E-state index contributed by atoms with van der Waals surface area (Å²) < 4.78 is 3.41. The zero-order valence-corrected chi connectivity index (χ0v) is 15.5. The summed E-state index contributed by atoms with van der Waals surface area (Å²) in [4.78, 5) is 19.8. The number of fused-ring (bicyclic) bond motifs is 4. The molecule has 0 aliphatic rings. The monoisotopic (exact) mass is 395 g/mol. The average molecular weight is 396 g/mol. The van der Waals surface area contributed by atoms with E-state index in [0.29, 0.717) is 39.6 Å². The van der Waals surface area contributed by atoms with E-state index in [0.717, 1.165) is 5.52 Å². The van der Waals surface area contributed by atoms with Gasteiger partial charge in [0.25, 0.3) is 5.56 Å². The maximum absolute atomic E-state index is 12.7. The predicted molar refractivity (Wildman–Crippen MR) is 103 cm³/mol. The Kier molecular flexibility index (Phi) is 3.76. The number of rotatable bonds is 4. The number of aryl methyl sites for hydroxylation is 1. The van der Waals surface area contributed by atoms with Crippen LogP contribution in [-0.2, 0) is 13.2 Å². The van der Waals surface area contributed by atoms with Crippen molar-refractivity contribution in [2.24, 2.45) is 0 Å². The minimum Gasteiger partial charge on any atom is -0.387 e. The first-order chi connectivity index (χ1) is 13.7. The molecule has 0 fully saturated rings. The van der Waals surface area contributed by atoms with Gasteiger partial charge in [-0.3, -0.25) is 13.8 Å². The van der Waals surface area contributed by atoms with Crippen LogP contribution < -0.4 is 10.4 Å². The van der Waals surface area contributed by atoms with E-state index in [1.165, 1.54) is 4.85 Å². The molecule has 10 heteroatoms. The molecule has 0 bridgehead atoms. The Morgan fingerprint density at radius 3 is 2.79 bits per heavy atom. The standard InChI is InChI=1S/C18H14ClN7O2/c1-2-24-17(27)12-5-3-4-6-14(12)25-16(21-22-18(24)25)10-28-26-15-9-11(19)7-8-13(15)20-23-26/h3-9H,2,10H2,1H3. The summed E-state index contributed by atoms with van der Waals surface area (Å²) in [5, 5.41) is 17.6. The summed E-state index contributed by atoms with van der Waals surface area (Å²) in [5.74, 6) is 1.01. The van der Waals surface area contributed by atoms with Gasteiger partial charge in [0.2, 0.25) is 5.78 Å². The lowest BCUT2D eigenvalue weighted by molar-refractivity contribution is 0.0706. The highest BCUT2D eigenvalue weighted by Gasteiger charge is 2.16. The van der Waals surface area contributed by atoms with Gasteiger partial charge in [-0.25, -0.2) is 0 Å². The number of aromatic nitrogens is 7. The van der Waals surface area contributed by atoms with Crippen LogP contribution in [0.15, 0.2) is 47.3 Å². The second-order valence-electron chi connectivity index (χ2n) is 6.19. The number of hydrogen-bond donors (Lipinski definition) is 0. The van der Waals surface area contributed by atoms with Crippen LogP contribution >= 0.6 is 11.6 Å². The molecule has 9 nitrogen and oxygen atoms in total. The Labute approximate surface area is 162 Å². The van der Waals surface area contributed by atoms with Crippen molar-refractivity contribution < 1.29 is 4.84 Å². The van der Waals surface area contributed by atoms with Gasteiger partial charge in [-0.05, 0) is 42.5 Å². The third-order valence-electron chi connectivity index (χ3n) is 4.58. The van der Waals surface area contributed by atoms with Crippen molar-refractivity contribution in [3.8, 4) is 0 Å². The summed E-state index contributed by atoms with van der Waals surface area (Å²) in [5.41, 5.74) is 1.95. The van der Waals surface area contributed by atoms with E-state index in [2.05, 4.69) is 20.5 Å². The highest BCUT2D eigenvalue weighted by Crippen LogP contribution is 2.17. The second kappa shape index (κ2) is 6.31. The molecule has 0 N–H and O–H groups in total. The first-order valence-corrected chi connectivity index (χ1v) is 9.05. The number of benzene rings is 2. The summed E-state index contributed by atoms with van der Waals surface area (Å²) in [6, 6.07) is 12.6. The molecule has 5 rings (SSSR count). The summed E-state index contributed by atoms with van der Waals surface area (Å²) in [7, 11) is 0. The van der Waals surface area contributed by atoms with Crippen LogP contribution in [0.4, 0.5) is 0 Å². The fourth-order valence-electron chi connectivity index (χ4n) is 3.28. The van der Waals surface area contributed by atoms with Gasteiger partial charge in [-0.2, -0.15) is 0 Å². The minimum absolute atomic E-state index is 0.0814. The average Bonchev–Trinajstić information content (AvgIpc) is 3.31. The lowest BCUT2D eigenvalue weighted by Crippen LogP contribution is -2.23. The third-order valence-corrected chi connectivity index (χ3v) is 4.82. The Hall–Kier alpha value is -3.46. The normalized spacial score (nSPS) is 11.6. The molecule has 140 valence electrons. The molecule has 0 atom stereocenters. The highest BCUT2D eigenvalue weighted by molar-refractivity contribution is 6.31. The first-order valence-electron chi connectivity index (χ1n) is 8.67. The van der Waals surface area contributed by atoms with Crippen molar-refractivity contribution in [1.82, 2.24) is 34.3 Å². The van der Waals surface area contributed by atoms with Crippen LogP contribution in [0.2, 0.25) is 5.02 Å². The van der Waals surface area contributed by atoms with Crippen LogP contribution in [0.1, 0.15) is 12.7 Å². The molecule has 0 saturated heterocycles. The van der Waals surface area contributed by atoms with Crippen molar-refractivity contribution in [3.05, 3.63) is 63.7 Å². The number of hydrogen-bond acceptors (Lipinski definition) is 6. The molecule has 3 aromatic heterocycles. The lowest BCUT2D eigenvalue weighted by Gasteiger charge is -2.10. The summed E-state index contributed by atoms with van der Waals surface area (Å²) >= 11 is 6.06. The van der Waals surface area contributed by atoms with E-state index in [4.69, 9.17) is 16.4 Å². The van der Waals surface area contributed by atoms with Crippen molar-refractivity contribution >= 4 is 39.3 Å². The Morgan fingerprint density at radius 2 is 1.93 bits per heavy atom.